The predicted molar refractivity (Wildman–Crippen MR) is 146 cm³/mol. The average Bonchev–Trinajstić information content (AvgIpc) is 3.61. The molecule has 0 bridgehead atoms. The Morgan fingerprint density at radius 3 is 2.28 bits per heavy atom. The van der Waals surface area contributed by atoms with Gasteiger partial charge in [-0.05, 0) is 0 Å². The first-order valence-corrected chi connectivity index (χ1v) is 14.7. The highest BCUT2D eigenvalue weighted by molar-refractivity contribution is 7.47. The number of H-pyrrole nitrogens is 1. The van der Waals surface area contributed by atoms with E-state index in [1.54, 1.807) is 0 Å². The van der Waals surface area contributed by atoms with Crippen LogP contribution in [0.2, 0.25) is 0 Å². The van der Waals surface area contributed by atoms with Gasteiger partial charge >= 0.3 is 25.5 Å². The molecule has 5 heterocycles. The summed E-state index contributed by atoms with van der Waals surface area (Å²) in [5, 5.41) is 20.8. The van der Waals surface area contributed by atoms with E-state index < -0.39 is 93.3 Å². The Kier molecular flexibility index (Phi) is 9.19. The van der Waals surface area contributed by atoms with Gasteiger partial charge in [0.1, 0.15) is 30.7 Å². The highest BCUT2D eigenvalue weighted by Gasteiger charge is 2.53. The minimum Gasteiger partial charge on any atom is -0.455 e. The Balaban J connectivity index is 1.36. The lowest BCUT2D eigenvalue weighted by atomic mass is 10.1. The molecule has 5 rings (SSSR count). The molecule has 3 aromatic rings. The molecule has 24 heteroatoms. The van der Waals surface area contributed by atoms with Crippen molar-refractivity contribution in [1.29, 1.82) is 0 Å². The molecule has 0 amide bonds. The zero-order valence-electron chi connectivity index (χ0n) is 23.8. The van der Waals surface area contributed by atoms with Crippen LogP contribution in [0.15, 0.2) is 22.2 Å². The number of aliphatic hydroxyl groups excluding tert-OH is 2. The van der Waals surface area contributed by atoms with Crippen molar-refractivity contribution in [2.75, 3.05) is 24.7 Å². The lowest BCUT2D eigenvalue weighted by Gasteiger charge is -2.26. The number of imidazole rings is 1. The molecule has 0 radical (unpaired) electrons. The van der Waals surface area contributed by atoms with Crippen molar-refractivity contribution in [1.82, 2.24) is 34.1 Å². The van der Waals surface area contributed by atoms with E-state index in [0.717, 1.165) is 35.6 Å². The minimum absolute atomic E-state index is 0.0981. The number of hydrogen-bond acceptors (Lipinski definition) is 19. The maximum absolute atomic E-state index is 13.2. The number of esters is 2. The van der Waals surface area contributed by atoms with Crippen LogP contribution in [0.5, 0.6) is 0 Å². The van der Waals surface area contributed by atoms with Gasteiger partial charge < -0.3 is 45.5 Å². The van der Waals surface area contributed by atoms with E-state index in [2.05, 4.69) is 24.9 Å². The van der Waals surface area contributed by atoms with E-state index in [1.807, 2.05) is 0 Å². The van der Waals surface area contributed by atoms with Crippen LogP contribution in [0.4, 0.5) is 11.9 Å². The number of nitrogen functional groups attached to an aromatic ring is 2. The van der Waals surface area contributed by atoms with Crippen LogP contribution in [0, 0.1) is 0 Å². The Labute approximate surface area is 255 Å². The van der Waals surface area contributed by atoms with Crippen molar-refractivity contribution in [2.24, 2.45) is 0 Å². The third-order valence-corrected chi connectivity index (χ3v) is 7.77. The van der Waals surface area contributed by atoms with Gasteiger partial charge in [0.05, 0.1) is 19.5 Å². The molecule has 2 saturated heterocycles. The Morgan fingerprint density at radius 1 is 1.00 bits per heavy atom. The number of nitrogens with two attached hydrogens (primary N) is 2. The number of rotatable bonds is 10. The van der Waals surface area contributed by atoms with Crippen molar-refractivity contribution >= 4 is 42.8 Å². The number of aromatic nitrogens is 7. The first-order valence-electron chi connectivity index (χ1n) is 13.2. The van der Waals surface area contributed by atoms with Crippen LogP contribution in [0.3, 0.4) is 0 Å². The van der Waals surface area contributed by atoms with Crippen molar-refractivity contribution in [3.8, 4) is 0 Å². The number of nitrogens with one attached hydrogen (secondary N) is 1. The van der Waals surface area contributed by atoms with E-state index in [4.69, 9.17) is 39.5 Å². The molecule has 250 valence electrons. The molecular formula is C22H28N9O14P. The summed E-state index contributed by atoms with van der Waals surface area (Å²) >= 11 is 0. The van der Waals surface area contributed by atoms with E-state index in [9.17, 15) is 38.8 Å². The second kappa shape index (κ2) is 12.8. The van der Waals surface area contributed by atoms with Crippen molar-refractivity contribution in [3.05, 3.63) is 33.5 Å². The number of aromatic amines is 1. The van der Waals surface area contributed by atoms with Gasteiger partial charge in [-0.25, -0.2) is 19.3 Å². The van der Waals surface area contributed by atoms with Gasteiger partial charge in [-0.2, -0.15) is 9.97 Å². The molecule has 0 aromatic carbocycles. The third kappa shape index (κ3) is 6.61. The SMILES string of the molecule is CC(=O)O[C@@H]1[C@H](O)[C@@H](COP(=O)(O)O[C@H]2[C@@H](OC(C)=O)[C@H](n3cnc4c(=O)[nH]c(N)nc43)O[C@@H]2CO)O[C@H]1n1cnc(N)nc1=O. The number of ether oxygens (including phenoxy) is 4. The summed E-state index contributed by atoms with van der Waals surface area (Å²) in [6.07, 6.45) is -10.1. The third-order valence-electron chi connectivity index (χ3n) is 6.78. The van der Waals surface area contributed by atoms with E-state index >= 15 is 0 Å². The van der Waals surface area contributed by atoms with Crippen LogP contribution in [0.1, 0.15) is 26.3 Å². The fraction of sp³-hybridized carbons (Fsp3) is 0.545. The van der Waals surface area contributed by atoms with Crippen molar-refractivity contribution in [2.45, 2.75) is 62.9 Å². The molecule has 23 nitrogen and oxygen atoms in total. The molecular weight excluding hydrogens is 645 g/mol. The summed E-state index contributed by atoms with van der Waals surface area (Å²) < 4.78 is 47.3. The number of carbonyl (C=O) groups excluding carboxylic acids is 2. The normalized spacial score (nSPS) is 29.1. The molecule has 9 atom stereocenters. The van der Waals surface area contributed by atoms with Gasteiger partial charge in [-0.3, -0.25) is 37.5 Å². The minimum atomic E-state index is -5.18. The first kappa shape index (κ1) is 33.0. The molecule has 0 saturated carbocycles. The predicted octanol–water partition coefficient (Wildman–Crippen LogP) is -3.55. The van der Waals surface area contributed by atoms with E-state index in [0.29, 0.717) is 0 Å². The number of phosphoric acid groups is 1. The summed E-state index contributed by atoms with van der Waals surface area (Å²) in [4.78, 5) is 76.4. The van der Waals surface area contributed by atoms with Crippen LogP contribution in [0.25, 0.3) is 11.2 Å². The maximum atomic E-state index is 13.2. The van der Waals surface area contributed by atoms with Gasteiger partial charge in [0, 0.05) is 13.8 Å². The van der Waals surface area contributed by atoms with Crippen LogP contribution < -0.4 is 22.7 Å². The van der Waals surface area contributed by atoms with Gasteiger partial charge in [0.2, 0.25) is 11.9 Å². The summed E-state index contributed by atoms with van der Waals surface area (Å²) in [6, 6.07) is 0. The Morgan fingerprint density at radius 2 is 1.63 bits per heavy atom. The number of anilines is 2. The second-order valence-electron chi connectivity index (χ2n) is 9.97. The number of aliphatic hydroxyl groups is 2. The lowest BCUT2D eigenvalue weighted by Crippen LogP contribution is -2.40. The summed E-state index contributed by atoms with van der Waals surface area (Å²) in [5.74, 6) is -2.36. The molecule has 2 fully saturated rings. The quantitative estimate of drug-likeness (QED) is 0.0895. The molecule has 0 aliphatic carbocycles. The average molecular weight is 673 g/mol. The number of carbonyl (C=O) groups is 2. The van der Waals surface area contributed by atoms with Crippen LogP contribution in [-0.2, 0) is 42.1 Å². The Bertz CT molecular complexity index is 1800. The zero-order valence-corrected chi connectivity index (χ0v) is 24.7. The lowest BCUT2D eigenvalue weighted by molar-refractivity contribution is -0.156. The molecule has 0 spiro atoms. The number of phosphoric ester groups is 1. The molecule has 1 unspecified atom stereocenters. The van der Waals surface area contributed by atoms with Gasteiger partial charge in [-0.15, -0.1) is 0 Å². The smallest absolute Gasteiger partial charge is 0.455 e. The maximum Gasteiger partial charge on any atom is 0.472 e. The molecule has 3 aromatic heterocycles. The van der Waals surface area contributed by atoms with Crippen LogP contribution in [-0.4, -0.2) is 111 Å². The van der Waals surface area contributed by atoms with Gasteiger partial charge in [-0.1, -0.05) is 0 Å². The Hall–Kier alpha value is -4.35. The second-order valence-corrected chi connectivity index (χ2v) is 11.4. The standard InChI is InChI=1S/C22H28N9O14P/c1-7(33)41-14-12(35)10(44-18(14)31-6-26-20(23)29-22(31)37)4-40-46(38,39)45-13-9(3-32)43-19(15(13)42-8(2)34)30-5-25-11-16(30)27-21(24)28-17(11)36/h5-6,9-10,12-15,18-19,32,35H,3-4H2,1-2H3,(H,38,39)(H2,23,29,37)(H3,24,27,28,36)/t9-,10-,12-,13-,14-,15-,18-,19-/m1/s1. The summed E-state index contributed by atoms with van der Waals surface area (Å²) in [5.41, 5.74) is 9.14. The summed E-state index contributed by atoms with van der Waals surface area (Å²) in [7, 11) is -5.18. The largest absolute Gasteiger partial charge is 0.472 e. The molecule has 8 N–H and O–H groups in total. The van der Waals surface area contributed by atoms with E-state index in [-0.39, 0.29) is 23.1 Å². The van der Waals surface area contributed by atoms with E-state index in [1.165, 1.54) is 0 Å². The molecule has 2 aliphatic rings. The molecule has 46 heavy (non-hydrogen) atoms. The van der Waals surface area contributed by atoms with Crippen molar-refractivity contribution < 1.29 is 57.3 Å². The summed E-state index contributed by atoms with van der Waals surface area (Å²) in [6.45, 7) is 0.394. The van der Waals surface area contributed by atoms with Gasteiger partial charge in [0.25, 0.3) is 5.56 Å². The fourth-order valence-corrected chi connectivity index (χ4v) is 5.89. The topological polar surface area (TPSA) is 331 Å². The van der Waals surface area contributed by atoms with Crippen LogP contribution >= 0.6 is 7.82 Å². The highest BCUT2D eigenvalue weighted by atomic mass is 31.2. The highest BCUT2D eigenvalue weighted by Crippen LogP contribution is 2.50. The first-order chi connectivity index (χ1) is 21.7. The van der Waals surface area contributed by atoms with Crippen molar-refractivity contribution in [3.63, 3.8) is 0 Å². The monoisotopic (exact) mass is 673 g/mol. The molecule has 2 aliphatic heterocycles. The zero-order chi connectivity index (χ0) is 33.5. The van der Waals surface area contributed by atoms with Gasteiger partial charge in [0.15, 0.2) is 35.8 Å². The fourth-order valence-electron chi connectivity index (χ4n) is 4.93. The number of nitrogens with zero attached hydrogens (tertiary/aromatic N) is 6. The number of fused-ring (bicyclic) bond motifs is 1. The number of hydrogen-bond donors (Lipinski definition) is 6.